The largest absolute Gasteiger partial charge is 0.444 e. The monoisotopic (exact) mass is 249 g/mol. The van der Waals surface area contributed by atoms with E-state index in [0.29, 0.717) is 0 Å². The van der Waals surface area contributed by atoms with Crippen molar-refractivity contribution in [2.24, 2.45) is 5.41 Å². The standard InChI is InChI=1S/C12H24FNO3/c1-11(2,3)9(8(15)7-13)14-10(16)17-12(4,5)6/h8-9,15H,7H2,1-6H3,(H,14,16). The minimum absolute atomic E-state index is 0.456. The number of carbonyl (C=O) groups excluding carboxylic acids is 1. The highest BCUT2D eigenvalue weighted by molar-refractivity contribution is 5.68. The van der Waals surface area contributed by atoms with Crippen LogP contribution >= 0.6 is 0 Å². The summed E-state index contributed by atoms with van der Waals surface area (Å²) in [6.07, 6.45) is -1.88. The number of hydrogen-bond donors (Lipinski definition) is 2. The molecular weight excluding hydrogens is 225 g/mol. The topological polar surface area (TPSA) is 58.6 Å². The molecule has 2 unspecified atom stereocenters. The molecule has 17 heavy (non-hydrogen) atoms. The molecule has 0 saturated heterocycles. The summed E-state index contributed by atoms with van der Waals surface area (Å²) in [4.78, 5) is 11.6. The number of ether oxygens (including phenoxy) is 1. The lowest BCUT2D eigenvalue weighted by Crippen LogP contribution is -2.53. The fraction of sp³-hybridized carbons (Fsp3) is 0.917. The van der Waals surface area contributed by atoms with Crippen LogP contribution in [0.2, 0.25) is 0 Å². The van der Waals surface area contributed by atoms with Crippen LogP contribution in [-0.4, -0.2) is 35.6 Å². The van der Waals surface area contributed by atoms with Crippen LogP contribution in [0.4, 0.5) is 9.18 Å². The molecule has 4 nitrogen and oxygen atoms in total. The van der Waals surface area contributed by atoms with Gasteiger partial charge < -0.3 is 15.2 Å². The van der Waals surface area contributed by atoms with E-state index >= 15 is 0 Å². The van der Waals surface area contributed by atoms with Crippen molar-refractivity contribution in [1.82, 2.24) is 5.32 Å². The second-order valence-electron chi connectivity index (χ2n) is 6.21. The molecule has 0 aromatic heterocycles. The normalized spacial score (nSPS) is 16.2. The molecule has 0 saturated carbocycles. The van der Waals surface area contributed by atoms with E-state index in [-0.39, 0.29) is 0 Å². The van der Waals surface area contributed by atoms with E-state index < -0.39 is 35.9 Å². The zero-order chi connectivity index (χ0) is 13.9. The summed E-state index contributed by atoms with van der Waals surface area (Å²) in [5.74, 6) is 0. The van der Waals surface area contributed by atoms with Crippen LogP contribution in [0, 0.1) is 5.41 Å². The lowest BCUT2D eigenvalue weighted by Gasteiger charge is -2.34. The van der Waals surface area contributed by atoms with Gasteiger partial charge >= 0.3 is 6.09 Å². The summed E-state index contributed by atoms with van der Waals surface area (Å²) in [7, 11) is 0. The van der Waals surface area contributed by atoms with E-state index in [9.17, 15) is 14.3 Å². The second-order valence-corrected chi connectivity index (χ2v) is 6.21. The molecule has 0 aromatic carbocycles. The number of nitrogens with one attached hydrogen (secondary N) is 1. The molecule has 0 radical (unpaired) electrons. The number of halogens is 1. The molecule has 1 amide bonds. The maximum atomic E-state index is 12.5. The number of carbonyl (C=O) groups is 1. The molecule has 5 heteroatoms. The van der Waals surface area contributed by atoms with Crippen molar-refractivity contribution in [2.45, 2.75) is 59.3 Å². The van der Waals surface area contributed by atoms with Gasteiger partial charge in [0.1, 0.15) is 18.4 Å². The zero-order valence-electron chi connectivity index (χ0n) is 11.5. The van der Waals surface area contributed by atoms with E-state index in [1.165, 1.54) is 0 Å². The van der Waals surface area contributed by atoms with Crippen LogP contribution in [-0.2, 0) is 4.74 Å². The number of amides is 1. The summed E-state index contributed by atoms with van der Waals surface area (Å²) < 4.78 is 17.6. The highest BCUT2D eigenvalue weighted by atomic mass is 19.1. The van der Waals surface area contributed by atoms with Gasteiger partial charge in [0.2, 0.25) is 0 Å². The highest BCUT2D eigenvalue weighted by Crippen LogP contribution is 2.23. The third-order valence-electron chi connectivity index (χ3n) is 2.15. The van der Waals surface area contributed by atoms with Gasteiger partial charge in [-0.1, -0.05) is 20.8 Å². The molecule has 0 fully saturated rings. The summed E-state index contributed by atoms with van der Waals surface area (Å²) in [5.41, 5.74) is -1.07. The van der Waals surface area contributed by atoms with Gasteiger partial charge in [-0.2, -0.15) is 0 Å². The van der Waals surface area contributed by atoms with E-state index in [4.69, 9.17) is 4.74 Å². The van der Waals surface area contributed by atoms with Crippen LogP contribution in [0.15, 0.2) is 0 Å². The van der Waals surface area contributed by atoms with Gasteiger partial charge in [-0.15, -0.1) is 0 Å². The van der Waals surface area contributed by atoms with E-state index in [0.717, 1.165) is 0 Å². The Morgan fingerprint density at radius 3 is 2.06 bits per heavy atom. The maximum Gasteiger partial charge on any atom is 0.407 e. The van der Waals surface area contributed by atoms with Crippen molar-refractivity contribution < 1.29 is 19.0 Å². The van der Waals surface area contributed by atoms with Crippen LogP contribution in [0.25, 0.3) is 0 Å². The number of rotatable bonds is 3. The molecule has 2 atom stereocenters. The van der Waals surface area contributed by atoms with Crippen LogP contribution in [0.5, 0.6) is 0 Å². The van der Waals surface area contributed by atoms with E-state index in [2.05, 4.69) is 5.32 Å². The average Bonchev–Trinajstić information content (AvgIpc) is 2.08. The smallest absolute Gasteiger partial charge is 0.407 e. The highest BCUT2D eigenvalue weighted by Gasteiger charge is 2.33. The van der Waals surface area contributed by atoms with Crippen molar-refractivity contribution in [1.29, 1.82) is 0 Å². The van der Waals surface area contributed by atoms with Crippen LogP contribution in [0.1, 0.15) is 41.5 Å². The lowest BCUT2D eigenvalue weighted by molar-refractivity contribution is 0.0211. The number of alkyl halides is 1. The fourth-order valence-electron chi connectivity index (χ4n) is 1.41. The summed E-state index contributed by atoms with van der Waals surface area (Å²) in [5, 5.41) is 12.1. The first-order valence-corrected chi connectivity index (χ1v) is 5.71. The predicted molar refractivity (Wildman–Crippen MR) is 64.6 cm³/mol. The van der Waals surface area contributed by atoms with Gasteiger partial charge in [-0.3, -0.25) is 0 Å². The Labute approximate surface area is 103 Å². The predicted octanol–water partition coefficient (Wildman–Crippen LogP) is 2.26. The maximum absolute atomic E-state index is 12.5. The molecule has 0 heterocycles. The first-order chi connectivity index (χ1) is 7.47. The van der Waals surface area contributed by atoms with Crippen LogP contribution in [0.3, 0.4) is 0 Å². The first kappa shape index (κ1) is 16.2. The van der Waals surface area contributed by atoms with Crippen molar-refractivity contribution in [3.05, 3.63) is 0 Å². The molecule has 2 N–H and O–H groups in total. The number of aliphatic hydroxyl groups is 1. The zero-order valence-corrected chi connectivity index (χ0v) is 11.5. The van der Waals surface area contributed by atoms with Crippen molar-refractivity contribution >= 4 is 6.09 Å². The average molecular weight is 249 g/mol. The molecule has 0 aliphatic heterocycles. The third kappa shape index (κ3) is 6.46. The summed E-state index contributed by atoms with van der Waals surface area (Å²) in [6, 6.07) is -0.692. The van der Waals surface area contributed by atoms with Crippen molar-refractivity contribution in [3.63, 3.8) is 0 Å². The second kappa shape index (κ2) is 5.67. The van der Waals surface area contributed by atoms with Crippen molar-refractivity contribution in [3.8, 4) is 0 Å². The van der Waals surface area contributed by atoms with Gasteiger partial charge in [0, 0.05) is 0 Å². The van der Waals surface area contributed by atoms with Gasteiger partial charge in [0.05, 0.1) is 6.04 Å². The summed E-state index contributed by atoms with van der Waals surface area (Å²) >= 11 is 0. The Morgan fingerprint density at radius 2 is 1.76 bits per heavy atom. The molecule has 102 valence electrons. The van der Waals surface area contributed by atoms with Gasteiger partial charge in [0.15, 0.2) is 0 Å². The van der Waals surface area contributed by atoms with Gasteiger partial charge in [-0.25, -0.2) is 9.18 Å². The van der Waals surface area contributed by atoms with Gasteiger partial charge in [0.25, 0.3) is 0 Å². The number of alkyl carbamates (subject to hydrolysis) is 1. The van der Waals surface area contributed by atoms with Gasteiger partial charge in [-0.05, 0) is 26.2 Å². The summed E-state index contributed by atoms with van der Waals surface area (Å²) in [6.45, 7) is 9.76. The molecule has 0 aromatic rings. The van der Waals surface area contributed by atoms with E-state index in [1.54, 1.807) is 20.8 Å². The lowest BCUT2D eigenvalue weighted by atomic mass is 9.83. The number of hydrogen-bond acceptors (Lipinski definition) is 3. The van der Waals surface area contributed by atoms with E-state index in [1.807, 2.05) is 20.8 Å². The SMILES string of the molecule is CC(C)(C)OC(=O)NC(C(O)CF)C(C)(C)C. The number of aliphatic hydroxyl groups excluding tert-OH is 1. The molecule has 0 spiro atoms. The minimum atomic E-state index is -1.23. The Balaban J connectivity index is 4.61. The Morgan fingerprint density at radius 1 is 1.29 bits per heavy atom. The quantitative estimate of drug-likeness (QED) is 0.806. The molecule has 0 rings (SSSR count). The molecule has 0 bridgehead atoms. The van der Waals surface area contributed by atoms with Crippen LogP contribution < -0.4 is 5.32 Å². The molecular formula is C12H24FNO3. The Kier molecular flexibility index (Phi) is 5.39. The Hall–Kier alpha value is -0.840. The first-order valence-electron chi connectivity index (χ1n) is 5.71. The molecule has 0 aliphatic rings. The van der Waals surface area contributed by atoms with Crippen molar-refractivity contribution in [2.75, 3.05) is 6.67 Å². The Bertz CT molecular complexity index is 255. The minimum Gasteiger partial charge on any atom is -0.444 e. The third-order valence-corrected chi connectivity index (χ3v) is 2.15. The fourth-order valence-corrected chi connectivity index (χ4v) is 1.41. The molecule has 0 aliphatic carbocycles.